The first-order valence-corrected chi connectivity index (χ1v) is 4.62. The minimum atomic E-state index is -0.370. The summed E-state index contributed by atoms with van der Waals surface area (Å²) in [4.78, 5) is 13.1. The molecule has 0 aromatic heterocycles. The number of hydrogen-bond acceptors (Lipinski definition) is 3. The maximum atomic E-state index is 11.3. The molecule has 13 heavy (non-hydrogen) atoms. The smallest absolute Gasteiger partial charge is 0.410 e. The lowest BCUT2D eigenvalue weighted by Gasteiger charge is -2.20. The average Bonchev–Trinajstić information content (AvgIpc) is 1.98. The van der Waals surface area contributed by atoms with E-state index < -0.39 is 0 Å². The monoisotopic (exact) mass is 204 g/mol. The Morgan fingerprint density at radius 3 is 2.46 bits per heavy atom. The number of amides is 1. The van der Waals surface area contributed by atoms with Crippen LogP contribution in [0.5, 0.6) is 0 Å². The van der Waals surface area contributed by atoms with E-state index in [1.54, 1.807) is 13.8 Å². The van der Waals surface area contributed by atoms with Crippen molar-refractivity contribution in [3.63, 3.8) is 0 Å². The molecule has 0 saturated heterocycles. The van der Waals surface area contributed by atoms with Crippen molar-refractivity contribution >= 4 is 23.3 Å². The molecule has 0 aromatic carbocycles. The van der Waals surface area contributed by atoms with Gasteiger partial charge in [-0.1, -0.05) is 12.2 Å². The minimum absolute atomic E-state index is 0.118. The van der Waals surface area contributed by atoms with Gasteiger partial charge < -0.3 is 15.4 Å². The molecule has 4 nitrogen and oxygen atoms in total. The Bertz CT molecular complexity index is 195. The zero-order valence-corrected chi connectivity index (χ0v) is 9.06. The summed E-state index contributed by atoms with van der Waals surface area (Å²) < 4.78 is 4.98. The van der Waals surface area contributed by atoms with Gasteiger partial charge in [-0.05, 0) is 20.8 Å². The first-order chi connectivity index (χ1) is 5.97. The van der Waals surface area contributed by atoms with Crippen LogP contribution in [0.25, 0.3) is 0 Å². The third kappa shape index (κ3) is 5.41. The minimum Gasteiger partial charge on any atom is -0.447 e. The summed E-state index contributed by atoms with van der Waals surface area (Å²) in [6, 6.07) is 0. The van der Waals surface area contributed by atoms with Crippen molar-refractivity contribution in [2.45, 2.75) is 26.9 Å². The van der Waals surface area contributed by atoms with E-state index in [1.165, 1.54) is 4.90 Å². The van der Waals surface area contributed by atoms with Gasteiger partial charge in [0.1, 0.15) is 0 Å². The molecule has 0 rings (SSSR count). The normalized spacial score (nSPS) is 9.85. The van der Waals surface area contributed by atoms with Crippen molar-refractivity contribution < 1.29 is 9.53 Å². The van der Waals surface area contributed by atoms with Gasteiger partial charge in [-0.2, -0.15) is 0 Å². The molecule has 0 fully saturated rings. The van der Waals surface area contributed by atoms with E-state index >= 15 is 0 Å². The Labute approximate surface area is 84.0 Å². The lowest BCUT2D eigenvalue weighted by atomic mass is 10.5. The highest BCUT2D eigenvalue weighted by atomic mass is 32.1. The van der Waals surface area contributed by atoms with Crippen LogP contribution in [0.4, 0.5) is 4.79 Å². The van der Waals surface area contributed by atoms with Crippen LogP contribution in [-0.2, 0) is 4.74 Å². The van der Waals surface area contributed by atoms with E-state index in [2.05, 4.69) is 0 Å². The Hall–Kier alpha value is -0.840. The van der Waals surface area contributed by atoms with Crippen molar-refractivity contribution in [3.8, 4) is 0 Å². The molecule has 0 spiro atoms. The number of rotatable bonds is 4. The van der Waals surface area contributed by atoms with E-state index in [-0.39, 0.29) is 18.7 Å². The molecule has 0 aromatic rings. The molecule has 0 atom stereocenters. The van der Waals surface area contributed by atoms with Gasteiger partial charge in [0.25, 0.3) is 0 Å². The number of hydrogen-bond donors (Lipinski definition) is 1. The van der Waals surface area contributed by atoms with Crippen molar-refractivity contribution in [2.24, 2.45) is 5.73 Å². The topological polar surface area (TPSA) is 55.6 Å². The second kappa shape index (κ2) is 5.75. The third-order valence-corrected chi connectivity index (χ3v) is 1.45. The standard InChI is InChI=1S/C8H16N2O2S/c1-4-10(5-7(9)13)8(11)12-6(2)3/h6H,4-5H2,1-3H3,(H2,9,13). The molecule has 0 radical (unpaired) electrons. The third-order valence-electron chi connectivity index (χ3n) is 1.32. The van der Waals surface area contributed by atoms with Gasteiger partial charge in [-0.15, -0.1) is 0 Å². The van der Waals surface area contributed by atoms with Crippen LogP contribution >= 0.6 is 12.2 Å². The fourth-order valence-electron chi connectivity index (χ4n) is 0.770. The summed E-state index contributed by atoms with van der Waals surface area (Å²) in [7, 11) is 0. The van der Waals surface area contributed by atoms with Crippen LogP contribution in [0.1, 0.15) is 20.8 Å². The number of nitrogens with zero attached hydrogens (tertiary/aromatic N) is 1. The Morgan fingerprint density at radius 1 is 1.62 bits per heavy atom. The zero-order valence-electron chi connectivity index (χ0n) is 8.24. The largest absolute Gasteiger partial charge is 0.447 e. The second-order valence-electron chi connectivity index (χ2n) is 2.91. The molecule has 1 amide bonds. The van der Waals surface area contributed by atoms with Gasteiger partial charge in [-0.25, -0.2) is 4.79 Å². The highest BCUT2D eigenvalue weighted by molar-refractivity contribution is 7.80. The summed E-state index contributed by atoms with van der Waals surface area (Å²) in [5.41, 5.74) is 5.32. The number of likely N-dealkylation sites (N-methyl/N-ethyl adjacent to an activating group) is 1. The summed E-state index contributed by atoms with van der Waals surface area (Å²) in [6.45, 7) is 6.26. The van der Waals surface area contributed by atoms with E-state index in [0.29, 0.717) is 11.5 Å². The molecule has 0 aliphatic rings. The summed E-state index contributed by atoms with van der Waals surface area (Å²) in [6.07, 6.45) is -0.488. The van der Waals surface area contributed by atoms with Crippen molar-refractivity contribution in [2.75, 3.05) is 13.1 Å². The molecular weight excluding hydrogens is 188 g/mol. The van der Waals surface area contributed by atoms with Gasteiger partial charge in [0, 0.05) is 6.54 Å². The average molecular weight is 204 g/mol. The fourth-order valence-corrected chi connectivity index (χ4v) is 0.926. The zero-order chi connectivity index (χ0) is 10.4. The molecule has 2 N–H and O–H groups in total. The second-order valence-corrected chi connectivity index (χ2v) is 3.44. The van der Waals surface area contributed by atoms with Crippen molar-refractivity contribution in [3.05, 3.63) is 0 Å². The Kier molecular flexibility index (Phi) is 5.37. The number of ether oxygens (including phenoxy) is 1. The molecule has 0 aliphatic heterocycles. The quantitative estimate of drug-likeness (QED) is 0.698. The number of nitrogens with two attached hydrogens (primary N) is 1. The Balaban J connectivity index is 4.07. The van der Waals surface area contributed by atoms with Crippen LogP contribution < -0.4 is 5.73 Å². The van der Waals surface area contributed by atoms with Crippen LogP contribution in [0, 0.1) is 0 Å². The lowest BCUT2D eigenvalue weighted by Crippen LogP contribution is -2.38. The number of carbonyl (C=O) groups excluding carboxylic acids is 1. The molecule has 0 bridgehead atoms. The Morgan fingerprint density at radius 2 is 2.15 bits per heavy atom. The van der Waals surface area contributed by atoms with Crippen LogP contribution in [0.2, 0.25) is 0 Å². The first kappa shape index (κ1) is 12.2. The van der Waals surface area contributed by atoms with Gasteiger partial charge in [0.05, 0.1) is 17.6 Å². The van der Waals surface area contributed by atoms with Crippen LogP contribution in [0.15, 0.2) is 0 Å². The van der Waals surface area contributed by atoms with Crippen LogP contribution in [0.3, 0.4) is 0 Å². The highest BCUT2D eigenvalue weighted by Crippen LogP contribution is 1.97. The molecule has 0 heterocycles. The number of carbonyl (C=O) groups is 1. The van der Waals surface area contributed by atoms with E-state index in [1.807, 2.05) is 6.92 Å². The summed E-state index contributed by atoms with van der Waals surface area (Å²) in [5, 5.41) is 0. The number of thiocarbonyl (C=S) groups is 1. The van der Waals surface area contributed by atoms with Gasteiger partial charge in [0.15, 0.2) is 0 Å². The van der Waals surface area contributed by atoms with Crippen molar-refractivity contribution in [1.29, 1.82) is 0 Å². The van der Waals surface area contributed by atoms with Gasteiger partial charge in [0.2, 0.25) is 0 Å². The summed E-state index contributed by atoms with van der Waals surface area (Å²) in [5.74, 6) is 0. The maximum absolute atomic E-state index is 11.3. The van der Waals surface area contributed by atoms with Gasteiger partial charge in [-0.3, -0.25) is 0 Å². The molecule has 0 unspecified atom stereocenters. The van der Waals surface area contributed by atoms with E-state index in [9.17, 15) is 4.79 Å². The molecular formula is C8H16N2O2S. The lowest BCUT2D eigenvalue weighted by molar-refractivity contribution is 0.0827. The molecule has 76 valence electrons. The first-order valence-electron chi connectivity index (χ1n) is 4.21. The molecule has 5 heteroatoms. The predicted octanol–water partition coefficient (Wildman–Crippen LogP) is 1.14. The predicted molar refractivity (Wildman–Crippen MR) is 55.6 cm³/mol. The SMILES string of the molecule is CCN(CC(N)=S)C(=O)OC(C)C. The van der Waals surface area contributed by atoms with Gasteiger partial charge >= 0.3 is 6.09 Å². The van der Waals surface area contributed by atoms with E-state index in [4.69, 9.17) is 22.7 Å². The molecule has 0 saturated carbocycles. The summed E-state index contributed by atoms with van der Waals surface area (Å²) >= 11 is 4.70. The fraction of sp³-hybridized carbons (Fsp3) is 0.750. The van der Waals surface area contributed by atoms with E-state index in [0.717, 1.165) is 0 Å². The van der Waals surface area contributed by atoms with Crippen LogP contribution in [-0.4, -0.2) is 35.2 Å². The van der Waals surface area contributed by atoms with Crippen molar-refractivity contribution in [1.82, 2.24) is 4.90 Å². The highest BCUT2D eigenvalue weighted by Gasteiger charge is 2.14. The molecule has 0 aliphatic carbocycles. The maximum Gasteiger partial charge on any atom is 0.410 e.